The van der Waals surface area contributed by atoms with Crippen LogP contribution in [0.2, 0.25) is 0 Å². The van der Waals surface area contributed by atoms with Gasteiger partial charge in [-0.2, -0.15) is 0 Å². The van der Waals surface area contributed by atoms with Crippen LogP contribution in [0.3, 0.4) is 0 Å². The Morgan fingerprint density at radius 3 is 1.66 bits per heavy atom. The lowest BCUT2D eigenvalue weighted by atomic mass is 9.91. The van der Waals surface area contributed by atoms with E-state index in [2.05, 4.69) is 207 Å². The first-order valence-electron chi connectivity index (χ1n) is 21.3. The minimum absolute atomic E-state index is 0.876. The van der Waals surface area contributed by atoms with Crippen LogP contribution in [0, 0.1) is 0 Å². The Morgan fingerprint density at radius 1 is 0.361 bits per heavy atom. The molecule has 0 saturated carbocycles. The molecule has 9 aromatic carbocycles. The van der Waals surface area contributed by atoms with Crippen molar-refractivity contribution in [2.24, 2.45) is 0 Å². The van der Waals surface area contributed by atoms with Crippen molar-refractivity contribution in [3.05, 3.63) is 211 Å². The van der Waals surface area contributed by atoms with Crippen LogP contribution in [0.25, 0.3) is 88.4 Å². The Kier molecular flexibility index (Phi) is 9.08. The molecule has 292 valence electrons. The number of benzene rings is 9. The van der Waals surface area contributed by atoms with Gasteiger partial charge in [0, 0.05) is 38.7 Å². The fraction of sp³-hybridized carbons (Fsp3) is 0.0690. The van der Waals surface area contributed by atoms with Gasteiger partial charge in [0.2, 0.25) is 0 Å². The molecule has 0 unspecified atom stereocenters. The first kappa shape index (κ1) is 36.5. The molecule has 2 heterocycles. The number of nitrogens with zero attached hydrogens (tertiary/aromatic N) is 1. The molecule has 0 spiro atoms. The summed E-state index contributed by atoms with van der Waals surface area (Å²) < 4.78 is 13.6. The van der Waals surface area contributed by atoms with Gasteiger partial charge in [-0.1, -0.05) is 159 Å². The predicted molar refractivity (Wildman–Crippen MR) is 256 cm³/mol. The standard InChI is InChI=1S/C58H43NO2/c1-3-38-16-11-12-21-46(38)51-37-52-55(36-39(51)4-2)61-58-48(42-19-9-6-10-20-42)34-35-53(56(52)58)59(44-30-26-41(27-31-44)40-17-7-5-8-18-40)45-32-28-43(29-33-45)47-23-15-24-50-49-22-13-14-25-54(49)60-57(47)50/h5-37H,3-4H2,1-2H3. The van der Waals surface area contributed by atoms with Gasteiger partial charge in [-0.3, -0.25) is 0 Å². The topological polar surface area (TPSA) is 29.5 Å². The third kappa shape index (κ3) is 6.29. The molecule has 0 bridgehead atoms. The second-order valence-electron chi connectivity index (χ2n) is 15.7. The Bertz CT molecular complexity index is 3360. The highest BCUT2D eigenvalue weighted by atomic mass is 16.3. The lowest BCUT2D eigenvalue weighted by Gasteiger charge is -2.27. The third-order valence-corrected chi connectivity index (χ3v) is 12.3. The predicted octanol–water partition coefficient (Wildman–Crippen LogP) is 16.7. The average molecular weight is 786 g/mol. The number of hydrogen-bond donors (Lipinski definition) is 0. The molecule has 0 N–H and O–H groups in total. The van der Waals surface area contributed by atoms with Crippen LogP contribution < -0.4 is 4.90 Å². The van der Waals surface area contributed by atoms with E-state index in [4.69, 9.17) is 8.83 Å². The molecule has 0 radical (unpaired) electrons. The van der Waals surface area contributed by atoms with Crippen molar-refractivity contribution in [2.75, 3.05) is 4.90 Å². The van der Waals surface area contributed by atoms with Crippen LogP contribution >= 0.6 is 0 Å². The Labute approximate surface area is 355 Å². The van der Waals surface area contributed by atoms with E-state index in [-0.39, 0.29) is 0 Å². The van der Waals surface area contributed by atoms with Crippen LogP contribution in [0.5, 0.6) is 0 Å². The van der Waals surface area contributed by atoms with Crippen LogP contribution in [0.1, 0.15) is 25.0 Å². The number of hydrogen-bond acceptors (Lipinski definition) is 3. The van der Waals surface area contributed by atoms with E-state index in [0.717, 1.165) is 96.0 Å². The molecule has 0 amide bonds. The van der Waals surface area contributed by atoms with E-state index in [0.29, 0.717) is 0 Å². The molecule has 0 aliphatic rings. The van der Waals surface area contributed by atoms with E-state index in [1.165, 1.54) is 33.4 Å². The summed E-state index contributed by atoms with van der Waals surface area (Å²) in [4.78, 5) is 2.39. The zero-order chi connectivity index (χ0) is 40.9. The highest BCUT2D eigenvalue weighted by Gasteiger charge is 2.24. The van der Waals surface area contributed by atoms with Crippen LogP contribution in [0.4, 0.5) is 17.1 Å². The average Bonchev–Trinajstić information content (AvgIpc) is 3.91. The molecule has 0 fully saturated rings. The number of rotatable bonds is 9. The number of para-hydroxylation sites is 2. The maximum absolute atomic E-state index is 7.07. The molecule has 2 aromatic heterocycles. The number of aryl methyl sites for hydroxylation is 2. The summed E-state index contributed by atoms with van der Waals surface area (Å²) in [5.74, 6) is 0. The normalized spacial score (nSPS) is 11.6. The molecule has 3 heteroatoms. The van der Waals surface area contributed by atoms with Gasteiger partial charge in [-0.25, -0.2) is 0 Å². The summed E-state index contributed by atoms with van der Waals surface area (Å²) in [6.45, 7) is 4.48. The lowest BCUT2D eigenvalue weighted by Crippen LogP contribution is -2.10. The molecule has 0 atom stereocenters. The van der Waals surface area contributed by atoms with Crippen molar-refractivity contribution < 1.29 is 8.83 Å². The fourth-order valence-electron chi connectivity index (χ4n) is 9.24. The van der Waals surface area contributed by atoms with E-state index >= 15 is 0 Å². The zero-order valence-corrected chi connectivity index (χ0v) is 34.2. The maximum Gasteiger partial charge on any atom is 0.145 e. The summed E-state index contributed by atoms with van der Waals surface area (Å²) in [5.41, 5.74) is 18.6. The molecule has 61 heavy (non-hydrogen) atoms. The first-order chi connectivity index (χ1) is 30.2. The minimum atomic E-state index is 0.876. The molecule has 11 aromatic rings. The summed E-state index contributed by atoms with van der Waals surface area (Å²) in [6.07, 6.45) is 1.85. The van der Waals surface area contributed by atoms with E-state index in [1.54, 1.807) is 0 Å². The van der Waals surface area contributed by atoms with E-state index < -0.39 is 0 Å². The summed E-state index contributed by atoms with van der Waals surface area (Å²) in [7, 11) is 0. The van der Waals surface area contributed by atoms with E-state index in [9.17, 15) is 0 Å². The quantitative estimate of drug-likeness (QED) is 0.146. The highest BCUT2D eigenvalue weighted by Crippen LogP contribution is 2.48. The van der Waals surface area contributed by atoms with Gasteiger partial charge in [-0.05, 0) is 112 Å². The van der Waals surface area contributed by atoms with Crippen molar-refractivity contribution in [3.63, 3.8) is 0 Å². The van der Waals surface area contributed by atoms with Crippen LogP contribution in [-0.4, -0.2) is 0 Å². The molecule has 11 rings (SSSR count). The van der Waals surface area contributed by atoms with Gasteiger partial charge in [0.1, 0.15) is 22.3 Å². The number of fused-ring (bicyclic) bond motifs is 6. The van der Waals surface area contributed by atoms with Crippen LogP contribution in [0.15, 0.2) is 209 Å². The van der Waals surface area contributed by atoms with Crippen molar-refractivity contribution in [2.45, 2.75) is 26.7 Å². The monoisotopic (exact) mass is 785 g/mol. The SMILES string of the molecule is CCc1ccccc1-c1cc2c(cc1CC)oc1c(-c3ccccc3)ccc(N(c3ccc(-c4ccccc4)cc3)c3ccc(-c4cccc5c4oc4ccccc45)cc3)c12. The zero-order valence-electron chi connectivity index (χ0n) is 34.2. The molecular formula is C58H43NO2. The molecule has 0 aliphatic carbocycles. The molecular weight excluding hydrogens is 743 g/mol. The van der Waals surface area contributed by atoms with Crippen LogP contribution in [-0.2, 0) is 12.8 Å². The lowest BCUT2D eigenvalue weighted by molar-refractivity contribution is 0.669. The van der Waals surface area contributed by atoms with Crippen molar-refractivity contribution in [1.82, 2.24) is 0 Å². The summed E-state index contributed by atoms with van der Waals surface area (Å²) >= 11 is 0. The first-order valence-corrected chi connectivity index (χ1v) is 21.3. The molecule has 0 saturated heterocycles. The number of furan rings is 2. The van der Waals surface area contributed by atoms with Gasteiger partial charge < -0.3 is 13.7 Å². The van der Waals surface area contributed by atoms with Crippen molar-refractivity contribution in [3.8, 4) is 44.5 Å². The largest absolute Gasteiger partial charge is 0.455 e. The number of anilines is 3. The Morgan fingerprint density at radius 2 is 0.918 bits per heavy atom. The minimum Gasteiger partial charge on any atom is -0.455 e. The highest BCUT2D eigenvalue weighted by molar-refractivity contribution is 6.18. The molecule has 3 nitrogen and oxygen atoms in total. The Balaban J connectivity index is 1.15. The smallest absolute Gasteiger partial charge is 0.145 e. The van der Waals surface area contributed by atoms with Gasteiger partial charge in [0.25, 0.3) is 0 Å². The fourth-order valence-corrected chi connectivity index (χ4v) is 9.24. The molecule has 0 aliphatic heterocycles. The van der Waals surface area contributed by atoms with Gasteiger partial charge in [0.05, 0.1) is 11.1 Å². The van der Waals surface area contributed by atoms with E-state index in [1.807, 2.05) is 12.1 Å². The summed E-state index contributed by atoms with van der Waals surface area (Å²) in [6, 6.07) is 71.7. The van der Waals surface area contributed by atoms with Crippen molar-refractivity contribution >= 4 is 60.9 Å². The second kappa shape index (κ2) is 15.2. The van der Waals surface area contributed by atoms with Crippen molar-refractivity contribution in [1.29, 1.82) is 0 Å². The van der Waals surface area contributed by atoms with Gasteiger partial charge in [0.15, 0.2) is 0 Å². The summed E-state index contributed by atoms with van der Waals surface area (Å²) in [5, 5.41) is 4.43. The van der Waals surface area contributed by atoms with Gasteiger partial charge >= 0.3 is 0 Å². The van der Waals surface area contributed by atoms with Gasteiger partial charge in [-0.15, -0.1) is 0 Å². The Hall–Kier alpha value is -7.62. The third-order valence-electron chi connectivity index (χ3n) is 12.3. The second-order valence-corrected chi connectivity index (χ2v) is 15.7. The maximum atomic E-state index is 7.07.